The molecule has 0 atom stereocenters. The molecule has 1 N–H and O–H groups in total. The fourth-order valence-corrected chi connectivity index (χ4v) is 3.36. The van der Waals surface area contributed by atoms with Gasteiger partial charge in [-0.1, -0.05) is 24.3 Å². The second-order valence-electron chi connectivity index (χ2n) is 6.69. The van der Waals surface area contributed by atoms with Crippen LogP contribution in [0.1, 0.15) is 37.8 Å². The van der Waals surface area contributed by atoms with Crippen molar-refractivity contribution >= 4 is 11.9 Å². The maximum Gasteiger partial charge on any atom is 0.319 e. The van der Waals surface area contributed by atoms with Gasteiger partial charge in [0.25, 0.3) is 0 Å². The Balaban J connectivity index is 1.79. The average molecular weight is 361 g/mol. The molecule has 0 saturated carbocycles. The topological polar surface area (TPSA) is 61.9 Å². The van der Waals surface area contributed by atoms with Crippen molar-refractivity contribution < 1.29 is 14.3 Å². The first kappa shape index (κ1) is 20.2. The molecular weight excluding hydrogens is 330 g/mol. The summed E-state index contributed by atoms with van der Waals surface area (Å²) in [5.74, 6) is 0.0648. The Morgan fingerprint density at radius 1 is 1.19 bits per heavy atom. The van der Waals surface area contributed by atoms with Gasteiger partial charge in [-0.2, -0.15) is 0 Å². The monoisotopic (exact) mass is 361 g/mol. The van der Waals surface area contributed by atoms with E-state index in [4.69, 9.17) is 4.74 Å². The molecule has 1 aliphatic rings. The van der Waals surface area contributed by atoms with Gasteiger partial charge in [0.05, 0.1) is 6.61 Å². The third-order valence-corrected chi connectivity index (χ3v) is 4.94. The van der Waals surface area contributed by atoms with Crippen molar-refractivity contribution in [3.63, 3.8) is 0 Å². The summed E-state index contributed by atoms with van der Waals surface area (Å²) < 4.78 is 5.14. The van der Waals surface area contributed by atoms with Crippen molar-refractivity contribution in [1.82, 2.24) is 15.1 Å². The minimum absolute atomic E-state index is 0.0158. The molecule has 1 fully saturated rings. The molecule has 6 heteroatoms. The van der Waals surface area contributed by atoms with Crippen LogP contribution in [0.5, 0.6) is 0 Å². The van der Waals surface area contributed by atoms with Crippen LogP contribution < -0.4 is 5.32 Å². The molecule has 144 valence electrons. The van der Waals surface area contributed by atoms with E-state index >= 15 is 0 Å². The number of carbonyl (C=O) groups is 2. The van der Waals surface area contributed by atoms with E-state index in [2.05, 4.69) is 11.4 Å². The van der Waals surface area contributed by atoms with E-state index in [0.717, 1.165) is 37.1 Å². The number of amides is 3. The number of piperidine rings is 1. The van der Waals surface area contributed by atoms with Gasteiger partial charge in [-0.25, -0.2) is 4.79 Å². The molecule has 1 aliphatic heterocycles. The smallest absolute Gasteiger partial charge is 0.319 e. The number of hydrogen-bond acceptors (Lipinski definition) is 3. The highest BCUT2D eigenvalue weighted by molar-refractivity contribution is 5.79. The van der Waals surface area contributed by atoms with E-state index in [-0.39, 0.29) is 17.9 Å². The van der Waals surface area contributed by atoms with Gasteiger partial charge in [-0.15, -0.1) is 0 Å². The van der Waals surface area contributed by atoms with E-state index in [1.807, 2.05) is 41.8 Å². The molecule has 0 spiro atoms. The summed E-state index contributed by atoms with van der Waals surface area (Å²) in [6, 6.07) is 8.13. The van der Waals surface area contributed by atoms with Crippen LogP contribution in [0.15, 0.2) is 24.3 Å². The highest BCUT2D eigenvalue weighted by Gasteiger charge is 2.28. The molecule has 1 aromatic rings. The number of carbonyl (C=O) groups excluding carboxylic acids is 2. The molecule has 0 aromatic heterocycles. The fourth-order valence-electron chi connectivity index (χ4n) is 3.36. The molecular formula is C20H31N3O3. The van der Waals surface area contributed by atoms with Crippen molar-refractivity contribution in [3.05, 3.63) is 35.4 Å². The van der Waals surface area contributed by atoms with Gasteiger partial charge in [0, 0.05) is 45.8 Å². The van der Waals surface area contributed by atoms with E-state index in [1.165, 1.54) is 0 Å². The molecule has 1 heterocycles. The lowest BCUT2D eigenvalue weighted by Gasteiger charge is -2.34. The predicted molar refractivity (Wildman–Crippen MR) is 102 cm³/mol. The number of rotatable bonds is 7. The lowest BCUT2D eigenvalue weighted by atomic mass is 9.96. The first-order valence-electron chi connectivity index (χ1n) is 9.47. The summed E-state index contributed by atoms with van der Waals surface area (Å²) in [6.45, 7) is 7.81. The van der Waals surface area contributed by atoms with Crippen molar-refractivity contribution in [2.24, 2.45) is 5.92 Å². The van der Waals surface area contributed by atoms with Crippen molar-refractivity contribution in [2.45, 2.75) is 39.8 Å². The standard InChI is InChI=1S/C20H31N3O3/c1-4-22(5-2)20(25)23-11-9-18(10-12-23)19(24)21-14-16-7-6-8-17(13-16)15-26-3/h6-8,13,18H,4-5,9-12,14-15H2,1-3H3,(H,21,24). The van der Waals surface area contributed by atoms with Gasteiger partial charge in [-0.3, -0.25) is 4.79 Å². The second-order valence-corrected chi connectivity index (χ2v) is 6.69. The summed E-state index contributed by atoms with van der Waals surface area (Å²) in [5, 5.41) is 3.03. The Hall–Kier alpha value is -2.08. The first-order valence-corrected chi connectivity index (χ1v) is 9.47. The summed E-state index contributed by atoms with van der Waals surface area (Å²) in [4.78, 5) is 28.5. The van der Waals surface area contributed by atoms with Gasteiger partial charge in [-0.05, 0) is 37.8 Å². The summed E-state index contributed by atoms with van der Waals surface area (Å²) in [6.07, 6.45) is 1.45. The fraction of sp³-hybridized carbons (Fsp3) is 0.600. The Morgan fingerprint density at radius 2 is 1.85 bits per heavy atom. The highest BCUT2D eigenvalue weighted by atomic mass is 16.5. The highest BCUT2D eigenvalue weighted by Crippen LogP contribution is 2.19. The molecule has 1 aromatic carbocycles. The third-order valence-electron chi connectivity index (χ3n) is 4.94. The predicted octanol–water partition coefficient (Wildman–Crippen LogP) is 2.62. The Kier molecular flexibility index (Phi) is 7.91. The van der Waals surface area contributed by atoms with Gasteiger partial charge in [0.15, 0.2) is 0 Å². The zero-order valence-electron chi connectivity index (χ0n) is 16.2. The van der Waals surface area contributed by atoms with E-state index in [9.17, 15) is 9.59 Å². The third kappa shape index (κ3) is 5.46. The number of nitrogens with one attached hydrogen (secondary N) is 1. The van der Waals surface area contributed by atoms with Crippen molar-refractivity contribution in [2.75, 3.05) is 33.3 Å². The number of methoxy groups -OCH3 is 1. The van der Waals surface area contributed by atoms with E-state index < -0.39 is 0 Å². The largest absolute Gasteiger partial charge is 0.380 e. The zero-order valence-corrected chi connectivity index (χ0v) is 16.2. The summed E-state index contributed by atoms with van der Waals surface area (Å²) in [7, 11) is 1.67. The number of hydrogen-bond donors (Lipinski definition) is 1. The lowest BCUT2D eigenvalue weighted by Crippen LogP contribution is -2.48. The molecule has 26 heavy (non-hydrogen) atoms. The molecule has 6 nitrogen and oxygen atoms in total. The van der Waals surface area contributed by atoms with Crippen LogP contribution in [0.4, 0.5) is 4.79 Å². The van der Waals surface area contributed by atoms with Crippen LogP contribution in [0.3, 0.4) is 0 Å². The Morgan fingerprint density at radius 3 is 2.46 bits per heavy atom. The minimum Gasteiger partial charge on any atom is -0.380 e. The molecule has 2 rings (SSSR count). The molecule has 0 unspecified atom stereocenters. The molecule has 0 aliphatic carbocycles. The van der Waals surface area contributed by atoms with Crippen LogP contribution >= 0.6 is 0 Å². The quantitative estimate of drug-likeness (QED) is 0.812. The number of urea groups is 1. The number of benzene rings is 1. The maximum atomic E-state index is 12.5. The SMILES string of the molecule is CCN(CC)C(=O)N1CCC(C(=O)NCc2cccc(COC)c2)CC1. The molecule has 1 saturated heterocycles. The Bertz CT molecular complexity index is 594. The van der Waals surface area contributed by atoms with E-state index in [1.54, 1.807) is 7.11 Å². The van der Waals surface area contributed by atoms with Crippen LogP contribution in [-0.4, -0.2) is 55.0 Å². The van der Waals surface area contributed by atoms with Crippen LogP contribution in [0.25, 0.3) is 0 Å². The normalized spacial score (nSPS) is 15.0. The van der Waals surface area contributed by atoms with Crippen molar-refractivity contribution in [1.29, 1.82) is 0 Å². The van der Waals surface area contributed by atoms with E-state index in [0.29, 0.717) is 26.2 Å². The summed E-state index contributed by atoms with van der Waals surface area (Å²) >= 11 is 0. The zero-order chi connectivity index (χ0) is 18.9. The van der Waals surface area contributed by atoms with Gasteiger partial charge in [0.1, 0.15) is 0 Å². The lowest BCUT2D eigenvalue weighted by molar-refractivity contribution is -0.126. The van der Waals surface area contributed by atoms with Crippen LogP contribution in [0.2, 0.25) is 0 Å². The Labute approximate surface area is 156 Å². The molecule has 0 radical (unpaired) electrons. The first-order chi connectivity index (χ1) is 12.6. The summed E-state index contributed by atoms with van der Waals surface area (Å²) in [5.41, 5.74) is 2.17. The maximum absolute atomic E-state index is 12.5. The van der Waals surface area contributed by atoms with Gasteiger partial charge >= 0.3 is 6.03 Å². The van der Waals surface area contributed by atoms with Crippen LogP contribution in [-0.2, 0) is 22.7 Å². The van der Waals surface area contributed by atoms with Gasteiger partial charge in [0.2, 0.25) is 5.91 Å². The van der Waals surface area contributed by atoms with Crippen LogP contribution in [0, 0.1) is 5.92 Å². The molecule has 0 bridgehead atoms. The molecule has 3 amide bonds. The van der Waals surface area contributed by atoms with Gasteiger partial charge < -0.3 is 19.9 Å². The minimum atomic E-state index is -0.0158. The number of nitrogens with zero attached hydrogens (tertiary/aromatic N) is 2. The van der Waals surface area contributed by atoms with Crippen molar-refractivity contribution in [3.8, 4) is 0 Å². The average Bonchev–Trinajstić information content (AvgIpc) is 2.67. The number of likely N-dealkylation sites (tertiary alicyclic amines) is 1. The number of ether oxygens (including phenoxy) is 1. The second kappa shape index (κ2) is 10.2.